The first-order valence-electron chi connectivity index (χ1n) is 10.2. The van der Waals surface area contributed by atoms with E-state index in [9.17, 15) is 18.0 Å². The molecule has 1 aromatic heterocycles. The average Bonchev–Trinajstić information content (AvgIpc) is 3.01. The zero-order valence-corrected chi connectivity index (χ0v) is 18.6. The molecule has 0 radical (unpaired) electrons. The number of anilines is 1. The van der Waals surface area contributed by atoms with Crippen LogP contribution in [0.5, 0.6) is 11.5 Å². The Morgan fingerprint density at radius 2 is 1.88 bits per heavy atom. The fourth-order valence-corrected chi connectivity index (χ4v) is 4.32. The van der Waals surface area contributed by atoms with E-state index in [1.54, 1.807) is 32.2 Å². The summed E-state index contributed by atoms with van der Waals surface area (Å²) < 4.78 is 39.4. The molecule has 0 spiro atoms. The Balaban J connectivity index is 1.65. The van der Waals surface area contributed by atoms with Gasteiger partial charge >= 0.3 is 0 Å². The summed E-state index contributed by atoms with van der Waals surface area (Å²) in [6.07, 6.45) is 3.74. The molecule has 32 heavy (non-hydrogen) atoms. The van der Waals surface area contributed by atoms with Gasteiger partial charge in [-0.15, -0.1) is 0 Å². The molecule has 1 aliphatic heterocycles. The largest absolute Gasteiger partial charge is 0.490 e. The Morgan fingerprint density at radius 1 is 1.12 bits per heavy atom. The van der Waals surface area contributed by atoms with Crippen molar-refractivity contribution in [3.63, 3.8) is 0 Å². The molecule has 2 amide bonds. The molecule has 0 fully saturated rings. The van der Waals surface area contributed by atoms with E-state index in [1.165, 1.54) is 24.4 Å². The highest BCUT2D eigenvalue weighted by atomic mass is 32.2. The van der Waals surface area contributed by atoms with E-state index in [1.807, 2.05) is 0 Å². The lowest BCUT2D eigenvalue weighted by Gasteiger charge is -2.22. The summed E-state index contributed by atoms with van der Waals surface area (Å²) in [7, 11) is -4.04. The van der Waals surface area contributed by atoms with Gasteiger partial charge in [-0.3, -0.25) is 14.6 Å². The summed E-state index contributed by atoms with van der Waals surface area (Å²) in [5.74, 6) is -0.632. The number of rotatable bonds is 8. The molecule has 0 bridgehead atoms. The maximum absolute atomic E-state index is 12.9. The molecule has 3 rings (SSSR count). The van der Waals surface area contributed by atoms with Crippen LogP contribution in [0.3, 0.4) is 0 Å². The number of aromatic nitrogens is 1. The number of sulfonamides is 1. The maximum Gasteiger partial charge on any atom is 0.243 e. The van der Waals surface area contributed by atoms with Gasteiger partial charge in [0.1, 0.15) is 6.04 Å². The molecule has 11 heteroatoms. The molecule has 10 nitrogen and oxygen atoms in total. The van der Waals surface area contributed by atoms with Gasteiger partial charge in [0, 0.05) is 18.7 Å². The average molecular weight is 463 g/mol. The zero-order chi connectivity index (χ0) is 23.1. The van der Waals surface area contributed by atoms with Gasteiger partial charge in [0.05, 0.1) is 36.5 Å². The minimum absolute atomic E-state index is 0.0467. The van der Waals surface area contributed by atoms with Crippen molar-refractivity contribution in [2.45, 2.75) is 31.2 Å². The van der Waals surface area contributed by atoms with E-state index >= 15 is 0 Å². The van der Waals surface area contributed by atoms with Crippen molar-refractivity contribution >= 4 is 27.5 Å². The highest BCUT2D eigenvalue weighted by molar-refractivity contribution is 7.89. The number of hydrogen-bond acceptors (Lipinski definition) is 7. The summed E-state index contributed by atoms with van der Waals surface area (Å²) in [4.78, 5) is 28.6. The SMILES string of the molecule is CC(C)C(NS(=O)(=O)c1ccc2c(c1)OCCCO2)C(=O)NCC(=O)Nc1cccnc1. The maximum atomic E-state index is 12.9. The molecule has 0 saturated carbocycles. The topological polar surface area (TPSA) is 136 Å². The van der Waals surface area contributed by atoms with Crippen molar-refractivity contribution in [2.75, 3.05) is 25.1 Å². The highest BCUT2D eigenvalue weighted by Gasteiger charge is 2.29. The van der Waals surface area contributed by atoms with Crippen LogP contribution in [0.25, 0.3) is 0 Å². The molecule has 172 valence electrons. The number of carbonyl (C=O) groups excluding carboxylic acids is 2. The van der Waals surface area contributed by atoms with Crippen molar-refractivity contribution in [1.82, 2.24) is 15.0 Å². The van der Waals surface area contributed by atoms with Crippen molar-refractivity contribution in [3.05, 3.63) is 42.7 Å². The number of pyridine rings is 1. The second-order valence-electron chi connectivity index (χ2n) is 7.51. The summed E-state index contributed by atoms with van der Waals surface area (Å²) in [6.45, 7) is 4.00. The molecule has 0 saturated heterocycles. The van der Waals surface area contributed by atoms with E-state index < -0.39 is 27.9 Å². The van der Waals surface area contributed by atoms with Crippen molar-refractivity contribution < 1.29 is 27.5 Å². The monoisotopic (exact) mass is 462 g/mol. The van der Waals surface area contributed by atoms with Crippen LogP contribution < -0.4 is 24.8 Å². The first-order valence-corrected chi connectivity index (χ1v) is 11.6. The first kappa shape index (κ1) is 23.5. The summed E-state index contributed by atoms with van der Waals surface area (Å²) >= 11 is 0. The third-order valence-electron chi connectivity index (χ3n) is 4.63. The Kier molecular flexibility index (Phi) is 7.65. The normalized spacial score (nSPS) is 14.3. The van der Waals surface area contributed by atoms with Crippen LogP contribution in [0.4, 0.5) is 5.69 Å². The first-order chi connectivity index (χ1) is 15.3. The minimum Gasteiger partial charge on any atom is -0.490 e. The Labute approximate surface area is 186 Å². The van der Waals surface area contributed by atoms with Gasteiger partial charge in [-0.25, -0.2) is 8.42 Å². The standard InChI is InChI=1S/C21H26N4O6S/c1-14(2)20(21(27)23-13-19(26)24-15-5-3-8-22-12-15)25-32(28,29)16-6-7-17-18(11-16)31-10-4-9-30-17/h3,5-8,11-12,14,20,25H,4,9-10,13H2,1-2H3,(H,23,27)(H,24,26). The molecule has 1 atom stereocenters. The lowest BCUT2D eigenvalue weighted by atomic mass is 10.1. The Morgan fingerprint density at radius 3 is 2.56 bits per heavy atom. The van der Waals surface area contributed by atoms with E-state index in [2.05, 4.69) is 20.3 Å². The van der Waals surface area contributed by atoms with E-state index in [0.717, 1.165) is 0 Å². The second-order valence-corrected chi connectivity index (χ2v) is 9.22. The summed E-state index contributed by atoms with van der Waals surface area (Å²) in [5, 5.41) is 5.07. The fraction of sp³-hybridized carbons (Fsp3) is 0.381. The molecule has 1 unspecified atom stereocenters. The van der Waals surface area contributed by atoms with Gasteiger partial charge in [-0.1, -0.05) is 13.8 Å². The summed E-state index contributed by atoms with van der Waals surface area (Å²) in [5.41, 5.74) is 0.488. The number of amides is 2. The molecule has 2 heterocycles. The quantitative estimate of drug-likeness (QED) is 0.538. The Hall–Kier alpha value is -3.18. The van der Waals surface area contributed by atoms with Crippen molar-refractivity contribution in [2.24, 2.45) is 5.92 Å². The number of benzene rings is 1. The van der Waals surface area contributed by atoms with Crippen LogP contribution in [-0.4, -0.2) is 51.0 Å². The van der Waals surface area contributed by atoms with Gasteiger partial charge in [0.15, 0.2) is 11.5 Å². The molecule has 1 aliphatic rings. The predicted molar refractivity (Wildman–Crippen MR) is 117 cm³/mol. The van der Waals surface area contributed by atoms with E-state index in [-0.39, 0.29) is 17.4 Å². The van der Waals surface area contributed by atoms with Crippen molar-refractivity contribution in [1.29, 1.82) is 0 Å². The number of fused-ring (bicyclic) bond motifs is 1. The second kappa shape index (κ2) is 10.4. The number of nitrogens with zero attached hydrogens (tertiary/aromatic N) is 1. The molecule has 3 N–H and O–H groups in total. The van der Waals surface area contributed by atoms with Crippen LogP contribution in [-0.2, 0) is 19.6 Å². The van der Waals surface area contributed by atoms with E-state index in [0.29, 0.717) is 36.8 Å². The lowest BCUT2D eigenvalue weighted by molar-refractivity contribution is -0.126. The van der Waals surface area contributed by atoms with Gasteiger partial charge in [-0.2, -0.15) is 4.72 Å². The molecule has 0 aliphatic carbocycles. The molecule has 2 aromatic rings. The van der Waals surface area contributed by atoms with Gasteiger partial charge in [0.25, 0.3) is 0 Å². The third-order valence-corrected chi connectivity index (χ3v) is 6.07. The fourth-order valence-electron chi connectivity index (χ4n) is 2.96. The minimum atomic E-state index is -4.04. The lowest BCUT2D eigenvalue weighted by Crippen LogP contribution is -2.50. The Bertz CT molecular complexity index is 1060. The van der Waals surface area contributed by atoms with Gasteiger partial charge in [0.2, 0.25) is 21.8 Å². The number of hydrogen-bond donors (Lipinski definition) is 3. The predicted octanol–water partition coefficient (Wildman–Crippen LogP) is 1.30. The molecular weight excluding hydrogens is 436 g/mol. The van der Waals surface area contributed by atoms with Crippen LogP contribution in [0.2, 0.25) is 0 Å². The van der Waals surface area contributed by atoms with Gasteiger partial charge in [-0.05, 0) is 30.2 Å². The van der Waals surface area contributed by atoms with Gasteiger partial charge < -0.3 is 20.1 Å². The van der Waals surface area contributed by atoms with Crippen LogP contribution in [0.15, 0.2) is 47.6 Å². The van der Waals surface area contributed by atoms with Crippen molar-refractivity contribution in [3.8, 4) is 11.5 Å². The third kappa shape index (κ3) is 6.17. The van der Waals surface area contributed by atoms with Crippen LogP contribution >= 0.6 is 0 Å². The van der Waals surface area contributed by atoms with Crippen LogP contribution in [0.1, 0.15) is 20.3 Å². The van der Waals surface area contributed by atoms with E-state index in [4.69, 9.17) is 9.47 Å². The summed E-state index contributed by atoms with van der Waals surface area (Å²) in [6, 6.07) is 6.54. The van der Waals surface area contributed by atoms with Crippen LogP contribution in [0, 0.1) is 5.92 Å². The smallest absolute Gasteiger partial charge is 0.243 e. The zero-order valence-electron chi connectivity index (χ0n) is 17.8. The number of nitrogens with one attached hydrogen (secondary N) is 3. The number of carbonyl (C=O) groups is 2. The molecule has 1 aromatic carbocycles. The highest BCUT2D eigenvalue weighted by Crippen LogP contribution is 2.32. The molecular formula is C21H26N4O6S. The number of ether oxygens (including phenoxy) is 2.